The highest BCUT2D eigenvalue weighted by Crippen LogP contribution is 2.27. The summed E-state index contributed by atoms with van der Waals surface area (Å²) in [5, 5.41) is 11.9. The van der Waals surface area contributed by atoms with E-state index in [1.165, 1.54) is 17.4 Å². The van der Waals surface area contributed by atoms with Crippen molar-refractivity contribution in [1.29, 1.82) is 0 Å². The van der Waals surface area contributed by atoms with Crippen molar-refractivity contribution in [1.82, 2.24) is 9.71 Å². The van der Waals surface area contributed by atoms with E-state index in [0.717, 1.165) is 10.6 Å². The van der Waals surface area contributed by atoms with E-state index >= 15 is 0 Å². The average molecular weight is 391 g/mol. The molecule has 0 aliphatic carbocycles. The Morgan fingerprint density at radius 1 is 1.43 bits per heavy atom. The number of rotatable bonds is 6. The van der Waals surface area contributed by atoms with Crippen LogP contribution in [0.15, 0.2) is 33.1 Å². The lowest BCUT2D eigenvalue weighted by Gasteiger charge is -2.11. The van der Waals surface area contributed by atoms with Crippen molar-refractivity contribution in [2.24, 2.45) is 0 Å². The Kier molecular flexibility index (Phi) is 5.50. The van der Waals surface area contributed by atoms with Crippen LogP contribution in [0.1, 0.15) is 16.1 Å². The molecule has 1 heterocycles. The van der Waals surface area contributed by atoms with Crippen molar-refractivity contribution in [3.63, 3.8) is 0 Å². The predicted molar refractivity (Wildman–Crippen MR) is 85.8 cm³/mol. The second-order valence-electron chi connectivity index (χ2n) is 4.46. The third-order valence-corrected chi connectivity index (χ3v) is 6.51. The van der Waals surface area contributed by atoms with Crippen LogP contribution < -0.4 is 4.72 Å². The van der Waals surface area contributed by atoms with Crippen LogP contribution in [0.4, 0.5) is 0 Å². The molecule has 0 atom stereocenters. The Bertz CT molecular complexity index is 715. The van der Waals surface area contributed by atoms with Crippen molar-refractivity contribution < 1.29 is 13.5 Å². The number of aryl methyl sites for hydroxylation is 1. The van der Waals surface area contributed by atoms with E-state index in [1.807, 2.05) is 5.38 Å². The Morgan fingerprint density at radius 3 is 2.81 bits per heavy atom. The highest BCUT2D eigenvalue weighted by Gasteiger charge is 2.19. The van der Waals surface area contributed by atoms with Gasteiger partial charge in [0.15, 0.2) is 0 Å². The van der Waals surface area contributed by atoms with Gasteiger partial charge in [0.05, 0.1) is 16.5 Å². The molecular formula is C13H15BrN2O3S2. The molecule has 0 spiro atoms. The van der Waals surface area contributed by atoms with Crippen LogP contribution in [0.25, 0.3) is 0 Å². The van der Waals surface area contributed by atoms with E-state index in [2.05, 4.69) is 25.6 Å². The first kappa shape index (κ1) is 16.6. The monoisotopic (exact) mass is 390 g/mol. The molecule has 0 unspecified atom stereocenters. The number of aliphatic hydroxyl groups excluding tert-OH is 1. The number of halogens is 1. The van der Waals surface area contributed by atoms with E-state index in [4.69, 9.17) is 0 Å². The van der Waals surface area contributed by atoms with E-state index in [-0.39, 0.29) is 18.0 Å². The van der Waals surface area contributed by atoms with Crippen LogP contribution >= 0.6 is 27.3 Å². The first-order valence-corrected chi connectivity index (χ1v) is 9.37. The fourth-order valence-electron chi connectivity index (χ4n) is 1.84. The van der Waals surface area contributed by atoms with Crippen molar-refractivity contribution in [2.45, 2.75) is 24.8 Å². The Hall–Kier alpha value is -0.800. The molecule has 0 amide bonds. The normalized spacial score (nSPS) is 11.8. The molecule has 1 aromatic heterocycles. The van der Waals surface area contributed by atoms with Gasteiger partial charge in [-0.2, -0.15) is 0 Å². The lowest BCUT2D eigenvalue weighted by Crippen LogP contribution is -2.26. The second-order valence-corrected chi connectivity index (χ2v) is 7.96. The molecule has 0 saturated heterocycles. The highest BCUT2D eigenvalue weighted by atomic mass is 79.9. The standard InChI is InChI=1S/C13H15BrN2O3S2/c1-9-6-10(8-17)7-11(13(9)14)21(18,19)16-3-2-12-15-4-5-20-12/h4-7,16-17H,2-3,8H2,1H3. The molecule has 114 valence electrons. The Morgan fingerprint density at radius 2 is 2.19 bits per heavy atom. The van der Waals surface area contributed by atoms with Crippen LogP contribution in [0.5, 0.6) is 0 Å². The molecule has 0 radical (unpaired) electrons. The van der Waals surface area contributed by atoms with Crippen LogP contribution in [0.2, 0.25) is 0 Å². The van der Waals surface area contributed by atoms with Gasteiger partial charge in [0.1, 0.15) is 0 Å². The second kappa shape index (κ2) is 6.97. The maximum atomic E-state index is 12.4. The predicted octanol–water partition coefficient (Wildman–Crippen LogP) is 2.23. The quantitative estimate of drug-likeness (QED) is 0.792. The lowest BCUT2D eigenvalue weighted by molar-refractivity contribution is 0.281. The van der Waals surface area contributed by atoms with Crippen LogP contribution in [0, 0.1) is 6.92 Å². The van der Waals surface area contributed by atoms with Gasteiger partial charge in [-0.25, -0.2) is 18.1 Å². The van der Waals surface area contributed by atoms with E-state index in [1.54, 1.807) is 19.2 Å². The van der Waals surface area contributed by atoms with Gasteiger partial charge >= 0.3 is 0 Å². The van der Waals surface area contributed by atoms with Crippen LogP contribution in [-0.2, 0) is 23.1 Å². The summed E-state index contributed by atoms with van der Waals surface area (Å²) in [7, 11) is -3.63. The number of sulfonamides is 1. The Balaban J connectivity index is 2.17. The van der Waals surface area contributed by atoms with E-state index in [0.29, 0.717) is 16.5 Å². The summed E-state index contributed by atoms with van der Waals surface area (Å²) in [5.41, 5.74) is 1.33. The van der Waals surface area contributed by atoms with Gasteiger partial charge in [-0.3, -0.25) is 0 Å². The maximum absolute atomic E-state index is 12.4. The summed E-state index contributed by atoms with van der Waals surface area (Å²) in [6.45, 7) is 1.87. The summed E-state index contributed by atoms with van der Waals surface area (Å²) < 4.78 is 27.8. The zero-order valence-electron chi connectivity index (χ0n) is 11.3. The first-order chi connectivity index (χ1) is 9.94. The number of nitrogens with one attached hydrogen (secondary N) is 1. The molecule has 1 aromatic carbocycles. The van der Waals surface area contributed by atoms with Crippen LogP contribution in [0.3, 0.4) is 0 Å². The molecule has 2 aromatic rings. The topological polar surface area (TPSA) is 79.3 Å². The van der Waals surface area contributed by atoms with Gasteiger partial charge in [0, 0.05) is 29.0 Å². The van der Waals surface area contributed by atoms with Gasteiger partial charge in [-0.1, -0.05) is 6.07 Å². The molecular weight excluding hydrogens is 376 g/mol. The molecule has 0 aliphatic rings. The summed E-state index contributed by atoms with van der Waals surface area (Å²) >= 11 is 4.79. The van der Waals surface area contributed by atoms with Gasteiger partial charge in [-0.05, 0) is 40.0 Å². The fraction of sp³-hybridized carbons (Fsp3) is 0.308. The van der Waals surface area contributed by atoms with E-state index in [9.17, 15) is 13.5 Å². The number of hydrogen-bond acceptors (Lipinski definition) is 5. The zero-order valence-corrected chi connectivity index (χ0v) is 14.6. The smallest absolute Gasteiger partial charge is 0.241 e. The van der Waals surface area contributed by atoms with Crippen molar-refractivity contribution in [2.75, 3.05) is 6.54 Å². The molecule has 0 saturated carbocycles. The minimum atomic E-state index is -3.63. The third kappa shape index (κ3) is 4.10. The molecule has 2 N–H and O–H groups in total. The number of thiazole rings is 1. The maximum Gasteiger partial charge on any atom is 0.241 e. The minimum Gasteiger partial charge on any atom is -0.392 e. The number of nitrogens with zero attached hydrogens (tertiary/aromatic N) is 1. The average Bonchev–Trinajstić information content (AvgIpc) is 2.94. The van der Waals surface area contributed by atoms with Gasteiger partial charge in [-0.15, -0.1) is 11.3 Å². The summed E-state index contributed by atoms with van der Waals surface area (Å²) in [6, 6.07) is 3.22. The summed E-state index contributed by atoms with van der Waals surface area (Å²) in [5.74, 6) is 0. The molecule has 2 rings (SSSR count). The third-order valence-electron chi connectivity index (χ3n) is 2.87. The van der Waals surface area contributed by atoms with Gasteiger partial charge < -0.3 is 5.11 Å². The lowest BCUT2D eigenvalue weighted by atomic mass is 10.1. The molecule has 0 aliphatic heterocycles. The number of aromatic nitrogens is 1. The van der Waals surface area contributed by atoms with E-state index < -0.39 is 10.0 Å². The number of aliphatic hydroxyl groups is 1. The molecule has 5 nitrogen and oxygen atoms in total. The van der Waals surface area contributed by atoms with Crippen molar-refractivity contribution >= 4 is 37.3 Å². The number of benzene rings is 1. The summed E-state index contributed by atoms with van der Waals surface area (Å²) in [6.07, 6.45) is 2.24. The molecule has 8 heteroatoms. The minimum absolute atomic E-state index is 0.144. The molecule has 0 fully saturated rings. The van der Waals surface area contributed by atoms with Crippen LogP contribution in [-0.4, -0.2) is 25.1 Å². The van der Waals surface area contributed by atoms with Crippen molar-refractivity contribution in [3.05, 3.63) is 44.3 Å². The first-order valence-electron chi connectivity index (χ1n) is 6.22. The van der Waals surface area contributed by atoms with Gasteiger partial charge in [0.25, 0.3) is 0 Å². The number of hydrogen-bond donors (Lipinski definition) is 2. The summed E-state index contributed by atoms with van der Waals surface area (Å²) in [4.78, 5) is 4.25. The van der Waals surface area contributed by atoms with Gasteiger partial charge in [0.2, 0.25) is 10.0 Å². The SMILES string of the molecule is Cc1cc(CO)cc(S(=O)(=O)NCCc2nccs2)c1Br. The highest BCUT2D eigenvalue weighted by molar-refractivity contribution is 9.10. The molecule has 0 bridgehead atoms. The Labute approximate surface area is 136 Å². The zero-order chi connectivity index (χ0) is 15.5. The van der Waals surface area contributed by atoms with Crippen molar-refractivity contribution in [3.8, 4) is 0 Å². The fourth-order valence-corrected chi connectivity index (χ4v) is 4.56. The molecule has 21 heavy (non-hydrogen) atoms. The largest absolute Gasteiger partial charge is 0.392 e.